The van der Waals surface area contributed by atoms with E-state index in [4.69, 9.17) is 0 Å². The van der Waals surface area contributed by atoms with Crippen LogP contribution >= 0.6 is 0 Å². The molecule has 0 fully saturated rings. The molecular weight excluding hydrogens is 270 g/mol. The molecule has 0 radical (unpaired) electrons. The monoisotopic (exact) mass is 289 g/mol. The third kappa shape index (κ3) is 2.17. The third-order valence-electron chi connectivity index (χ3n) is 4.14. The molecule has 0 saturated heterocycles. The van der Waals surface area contributed by atoms with Crippen LogP contribution in [0.3, 0.4) is 0 Å². The van der Waals surface area contributed by atoms with Crippen molar-refractivity contribution < 1.29 is 0 Å². The van der Waals surface area contributed by atoms with E-state index in [1.54, 1.807) is 6.08 Å². The average molecular weight is 289 g/mol. The fourth-order valence-corrected chi connectivity index (χ4v) is 2.96. The van der Waals surface area contributed by atoms with Crippen molar-refractivity contribution >= 4 is 17.0 Å². The van der Waals surface area contributed by atoms with Crippen molar-refractivity contribution in [3.63, 3.8) is 0 Å². The topological polar surface area (TPSA) is 22.0 Å². The maximum absolute atomic E-state index is 13.0. The lowest BCUT2D eigenvalue weighted by atomic mass is 9.98. The summed E-state index contributed by atoms with van der Waals surface area (Å²) in [5.41, 5.74) is 5.87. The van der Waals surface area contributed by atoms with E-state index in [2.05, 4.69) is 6.58 Å². The van der Waals surface area contributed by atoms with Crippen molar-refractivity contribution in [2.24, 2.45) is 7.05 Å². The lowest BCUT2D eigenvalue weighted by molar-refractivity contribution is 0.947. The summed E-state index contributed by atoms with van der Waals surface area (Å²) >= 11 is 0. The van der Waals surface area contributed by atoms with Gasteiger partial charge in [-0.15, -0.1) is 0 Å². The van der Waals surface area contributed by atoms with Gasteiger partial charge in [0, 0.05) is 18.8 Å². The first-order valence-corrected chi connectivity index (χ1v) is 7.35. The van der Waals surface area contributed by atoms with Gasteiger partial charge in [-0.05, 0) is 30.5 Å². The van der Waals surface area contributed by atoms with Crippen molar-refractivity contribution in [1.82, 2.24) is 4.57 Å². The maximum atomic E-state index is 13.0. The summed E-state index contributed by atoms with van der Waals surface area (Å²) in [6.07, 6.45) is 3.68. The highest BCUT2D eigenvalue weighted by Crippen LogP contribution is 2.24. The third-order valence-corrected chi connectivity index (χ3v) is 4.14. The lowest BCUT2D eigenvalue weighted by Crippen LogP contribution is -2.12. The zero-order valence-electron chi connectivity index (χ0n) is 13.2. The standard InChI is InChI=1S/C20H19NO/c1-5-15-11-8-14(3)19-18(15)20(22)17(12-21(19)4)16-9-6-13(2)7-10-16/h5-12H,1H2,2-4H3. The molecule has 22 heavy (non-hydrogen) atoms. The molecule has 2 nitrogen and oxygen atoms in total. The highest BCUT2D eigenvalue weighted by molar-refractivity contribution is 5.93. The van der Waals surface area contributed by atoms with E-state index in [0.717, 1.165) is 33.2 Å². The van der Waals surface area contributed by atoms with Crippen LogP contribution in [0, 0.1) is 13.8 Å². The highest BCUT2D eigenvalue weighted by Gasteiger charge is 2.13. The molecular formula is C20H19NO. The summed E-state index contributed by atoms with van der Waals surface area (Å²) < 4.78 is 2.04. The molecule has 0 bridgehead atoms. The number of hydrogen-bond donors (Lipinski definition) is 0. The molecule has 0 unspecified atom stereocenters. The first-order valence-electron chi connectivity index (χ1n) is 7.35. The molecule has 0 saturated carbocycles. The van der Waals surface area contributed by atoms with E-state index in [-0.39, 0.29) is 5.43 Å². The Morgan fingerprint density at radius 2 is 1.73 bits per heavy atom. The van der Waals surface area contributed by atoms with Crippen molar-refractivity contribution in [2.45, 2.75) is 13.8 Å². The van der Waals surface area contributed by atoms with Gasteiger partial charge in [-0.2, -0.15) is 0 Å². The maximum Gasteiger partial charge on any atom is 0.197 e. The van der Waals surface area contributed by atoms with E-state index in [1.165, 1.54) is 5.56 Å². The van der Waals surface area contributed by atoms with Crippen molar-refractivity contribution in [3.8, 4) is 11.1 Å². The summed E-state index contributed by atoms with van der Waals surface area (Å²) in [6, 6.07) is 12.1. The molecule has 1 aromatic heterocycles. The Bertz CT molecular complexity index is 931. The second-order valence-corrected chi connectivity index (χ2v) is 5.75. The molecule has 3 aromatic rings. The molecule has 3 rings (SSSR count). The first kappa shape index (κ1) is 14.3. The van der Waals surface area contributed by atoms with E-state index >= 15 is 0 Å². The van der Waals surface area contributed by atoms with Crippen LogP contribution in [-0.2, 0) is 7.05 Å². The Morgan fingerprint density at radius 1 is 1.05 bits per heavy atom. The lowest BCUT2D eigenvalue weighted by Gasteiger charge is -2.13. The molecule has 0 spiro atoms. The zero-order valence-corrected chi connectivity index (χ0v) is 13.2. The van der Waals surface area contributed by atoms with Crippen LogP contribution < -0.4 is 5.43 Å². The van der Waals surface area contributed by atoms with Crippen LogP contribution in [0.5, 0.6) is 0 Å². The van der Waals surface area contributed by atoms with Crippen LogP contribution in [-0.4, -0.2) is 4.57 Å². The normalized spacial score (nSPS) is 10.9. The minimum Gasteiger partial charge on any atom is -0.349 e. The smallest absolute Gasteiger partial charge is 0.197 e. The number of nitrogens with zero attached hydrogens (tertiary/aromatic N) is 1. The molecule has 0 N–H and O–H groups in total. The predicted octanol–water partition coefficient (Wildman–Crippen LogP) is 4.47. The van der Waals surface area contributed by atoms with Gasteiger partial charge in [0.2, 0.25) is 0 Å². The van der Waals surface area contributed by atoms with Crippen LogP contribution in [0.1, 0.15) is 16.7 Å². The van der Waals surface area contributed by atoms with Gasteiger partial charge >= 0.3 is 0 Å². The van der Waals surface area contributed by atoms with Gasteiger partial charge in [0.25, 0.3) is 0 Å². The molecule has 1 heterocycles. The van der Waals surface area contributed by atoms with Crippen molar-refractivity contribution in [1.29, 1.82) is 0 Å². The number of aromatic nitrogens is 1. The fraction of sp³-hybridized carbons (Fsp3) is 0.150. The van der Waals surface area contributed by atoms with Gasteiger partial charge in [-0.1, -0.05) is 54.6 Å². The molecule has 0 aliphatic rings. The number of rotatable bonds is 2. The summed E-state index contributed by atoms with van der Waals surface area (Å²) in [5, 5.41) is 0.746. The van der Waals surface area contributed by atoms with Crippen molar-refractivity contribution in [2.75, 3.05) is 0 Å². The minimum absolute atomic E-state index is 0.0653. The van der Waals surface area contributed by atoms with E-state index in [1.807, 2.05) is 68.1 Å². The van der Waals surface area contributed by atoms with Crippen LogP contribution in [0.15, 0.2) is 54.0 Å². The molecule has 0 aliphatic carbocycles. The molecule has 2 heteroatoms. The van der Waals surface area contributed by atoms with Gasteiger partial charge in [0.05, 0.1) is 10.9 Å². The van der Waals surface area contributed by atoms with Crippen LogP contribution in [0.4, 0.5) is 0 Å². The number of hydrogen-bond acceptors (Lipinski definition) is 1. The van der Waals surface area contributed by atoms with Gasteiger partial charge in [0.1, 0.15) is 0 Å². The number of aryl methyl sites for hydroxylation is 3. The second kappa shape index (κ2) is 5.30. The summed E-state index contributed by atoms with van der Waals surface area (Å²) in [4.78, 5) is 13.0. The zero-order chi connectivity index (χ0) is 15.9. The summed E-state index contributed by atoms with van der Waals surface area (Å²) in [7, 11) is 1.99. The van der Waals surface area contributed by atoms with Gasteiger partial charge < -0.3 is 4.57 Å². The Balaban J connectivity index is 2.44. The Morgan fingerprint density at radius 3 is 2.36 bits per heavy atom. The number of fused-ring (bicyclic) bond motifs is 1. The average Bonchev–Trinajstić information content (AvgIpc) is 2.51. The van der Waals surface area contributed by atoms with Crippen LogP contribution in [0.2, 0.25) is 0 Å². The van der Waals surface area contributed by atoms with Gasteiger partial charge in [-0.3, -0.25) is 4.79 Å². The minimum atomic E-state index is 0.0653. The summed E-state index contributed by atoms with van der Waals surface area (Å²) in [6.45, 7) is 7.92. The fourth-order valence-electron chi connectivity index (χ4n) is 2.96. The van der Waals surface area contributed by atoms with Crippen molar-refractivity contribution in [3.05, 3.63) is 76.1 Å². The Labute approximate surface area is 130 Å². The molecule has 0 aliphatic heterocycles. The van der Waals surface area contributed by atoms with Gasteiger partial charge in [0.15, 0.2) is 5.43 Å². The predicted molar refractivity (Wildman–Crippen MR) is 94.2 cm³/mol. The number of benzene rings is 2. The second-order valence-electron chi connectivity index (χ2n) is 5.75. The van der Waals surface area contributed by atoms with Gasteiger partial charge in [-0.25, -0.2) is 0 Å². The van der Waals surface area contributed by atoms with Crippen LogP contribution in [0.25, 0.3) is 28.1 Å². The van der Waals surface area contributed by atoms with E-state index in [9.17, 15) is 4.79 Å². The SMILES string of the molecule is C=Cc1ccc(C)c2c1c(=O)c(-c1ccc(C)cc1)cn2C. The van der Waals surface area contributed by atoms with E-state index < -0.39 is 0 Å². The molecule has 0 amide bonds. The quantitative estimate of drug-likeness (QED) is 0.682. The molecule has 2 aromatic carbocycles. The first-order chi connectivity index (χ1) is 10.5. The molecule has 110 valence electrons. The number of pyridine rings is 1. The summed E-state index contributed by atoms with van der Waals surface area (Å²) in [5.74, 6) is 0. The Kier molecular flexibility index (Phi) is 3.45. The molecule has 0 atom stereocenters. The largest absolute Gasteiger partial charge is 0.349 e. The highest BCUT2D eigenvalue weighted by atomic mass is 16.1. The Hall–Kier alpha value is -2.61. The van der Waals surface area contributed by atoms with E-state index in [0.29, 0.717) is 0 Å².